The summed E-state index contributed by atoms with van der Waals surface area (Å²) in [6.07, 6.45) is 0.997. The van der Waals surface area contributed by atoms with E-state index >= 15 is 0 Å². The van der Waals surface area contributed by atoms with Crippen LogP contribution in [0.4, 0.5) is 17.1 Å². The molecule has 0 saturated heterocycles. The third-order valence-corrected chi connectivity index (χ3v) is 4.30. The van der Waals surface area contributed by atoms with Crippen LogP contribution in [0.2, 0.25) is 0 Å². The van der Waals surface area contributed by atoms with Crippen LogP contribution in [-0.4, -0.2) is 11.8 Å². The molecule has 0 atom stereocenters. The Morgan fingerprint density at radius 2 is 1.54 bits per heavy atom. The summed E-state index contributed by atoms with van der Waals surface area (Å²) < 4.78 is 0. The molecule has 0 aliphatic carbocycles. The van der Waals surface area contributed by atoms with Gasteiger partial charge in [-0.15, -0.1) is 0 Å². The highest BCUT2D eigenvalue weighted by molar-refractivity contribution is 6.04. The second-order valence-electron chi connectivity index (χ2n) is 6.69. The van der Waals surface area contributed by atoms with Gasteiger partial charge in [0.2, 0.25) is 5.91 Å². The van der Waals surface area contributed by atoms with Crippen LogP contribution in [-0.2, 0) is 11.2 Å². The van der Waals surface area contributed by atoms with Crippen molar-refractivity contribution >= 4 is 28.9 Å². The Morgan fingerprint density at radius 3 is 2.21 bits per heavy atom. The number of hydrogen-bond donors (Lipinski definition) is 3. The smallest absolute Gasteiger partial charge is 0.255 e. The number of nitrogens with one attached hydrogen (secondary N) is 2. The average Bonchev–Trinajstić information content (AvgIpc) is 2.68. The van der Waals surface area contributed by atoms with Gasteiger partial charge in [0.15, 0.2) is 0 Å². The molecule has 5 heteroatoms. The number of carbonyl (C=O) groups is 2. The number of anilines is 3. The highest BCUT2D eigenvalue weighted by Crippen LogP contribution is 2.16. The minimum atomic E-state index is -0.164. The third-order valence-electron chi connectivity index (χ3n) is 4.30. The molecule has 0 fully saturated rings. The van der Waals surface area contributed by atoms with Crippen LogP contribution in [0.15, 0.2) is 72.8 Å². The molecule has 2 amide bonds. The van der Waals surface area contributed by atoms with Crippen molar-refractivity contribution in [1.29, 1.82) is 0 Å². The van der Waals surface area contributed by atoms with Gasteiger partial charge in [0.25, 0.3) is 5.91 Å². The van der Waals surface area contributed by atoms with E-state index in [1.54, 1.807) is 30.3 Å². The second-order valence-corrected chi connectivity index (χ2v) is 6.69. The number of aryl methyl sites for hydroxylation is 2. The first-order valence-corrected chi connectivity index (χ1v) is 9.12. The van der Waals surface area contributed by atoms with Crippen molar-refractivity contribution < 1.29 is 9.59 Å². The molecule has 0 heterocycles. The first-order chi connectivity index (χ1) is 13.5. The Balaban J connectivity index is 1.52. The molecule has 3 rings (SSSR count). The molecule has 0 bridgehead atoms. The summed E-state index contributed by atoms with van der Waals surface area (Å²) in [6.45, 7) is 1.95. The molecular formula is C23H23N3O2. The number of benzene rings is 3. The van der Waals surface area contributed by atoms with Gasteiger partial charge >= 0.3 is 0 Å². The minimum absolute atomic E-state index is 0.0704. The van der Waals surface area contributed by atoms with E-state index in [4.69, 9.17) is 5.73 Å². The summed E-state index contributed by atoms with van der Waals surface area (Å²) in [5.41, 5.74) is 10.5. The summed E-state index contributed by atoms with van der Waals surface area (Å²) in [6, 6.07) is 22.0. The van der Waals surface area contributed by atoms with E-state index in [0.29, 0.717) is 35.5 Å². The Labute approximate surface area is 164 Å². The van der Waals surface area contributed by atoms with Crippen LogP contribution in [0.25, 0.3) is 0 Å². The van der Waals surface area contributed by atoms with Crippen LogP contribution < -0.4 is 16.4 Å². The minimum Gasteiger partial charge on any atom is -0.399 e. The molecule has 0 saturated carbocycles. The van der Waals surface area contributed by atoms with Gasteiger partial charge in [-0.05, 0) is 67.4 Å². The summed E-state index contributed by atoms with van der Waals surface area (Å²) in [7, 11) is 0. The quantitative estimate of drug-likeness (QED) is 0.560. The Morgan fingerprint density at radius 1 is 0.857 bits per heavy atom. The summed E-state index contributed by atoms with van der Waals surface area (Å²) in [5, 5.41) is 5.72. The van der Waals surface area contributed by atoms with E-state index in [2.05, 4.69) is 10.6 Å². The predicted octanol–water partition coefficient (Wildman–Crippen LogP) is 4.40. The molecule has 28 heavy (non-hydrogen) atoms. The molecule has 0 spiro atoms. The molecule has 3 aromatic carbocycles. The molecular weight excluding hydrogens is 350 g/mol. The molecule has 0 radical (unpaired) electrons. The molecule has 0 unspecified atom stereocenters. The highest BCUT2D eigenvalue weighted by atomic mass is 16.2. The lowest BCUT2D eigenvalue weighted by molar-refractivity contribution is -0.116. The summed E-state index contributed by atoms with van der Waals surface area (Å²) >= 11 is 0. The molecule has 0 aliphatic heterocycles. The van der Waals surface area contributed by atoms with Crippen molar-refractivity contribution in [2.75, 3.05) is 16.4 Å². The fourth-order valence-corrected chi connectivity index (χ4v) is 2.86. The van der Waals surface area contributed by atoms with E-state index in [1.165, 1.54) is 0 Å². The molecule has 4 N–H and O–H groups in total. The number of rotatable bonds is 6. The van der Waals surface area contributed by atoms with Crippen LogP contribution in [0.5, 0.6) is 0 Å². The lowest BCUT2D eigenvalue weighted by atomic mass is 10.1. The predicted molar refractivity (Wildman–Crippen MR) is 113 cm³/mol. The Kier molecular flexibility index (Phi) is 6.07. The fraction of sp³-hybridized carbons (Fsp3) is 0.130. The molecule has 3 aromatic rings. The average molecular weight is 373 g/mol. The highest BCUT2D eigenvalue weighted by Gasteiger charge is 2.07. The third kappa shape index (κ3) is 5.45. The lowest BCUT2D eigenvalue weighted by Crippen LogP contribution is -2.13. The van der Waals surface area contributed by atoms with Crippen LogP contribution in [0, 0.1) is 6.92 Å². The van der Waals surface area contributed by atoms with Crippen molar-refractivity contribution in [3.8, 4) is 0 Å². The number of hydrogen-bond acceptors (Lipinski definition) is 3. The van der Waals surface area contributed by atoms with Crippen LogP contribution in [0.3, 0.4) is 0 Å². The standard InChI is InChI=1S/C23H23N3O2/c1-16-4-2-6-18(14-16)23(28)26-21-11-9-20(10-12-21)25-22(27)13-8-17-5-3-7-19(24)15-17/h2-7,9-12,14-15H,8,13,24H2,1H3,(H,25,27)(H,26,28). The van der Waals surface area contributed by atoms with Gasteiger partial charge in [-0.25, -0.2) is 0 Å². The second kappa shape index (κ2) is 8.86. The van der Waals surface area contributed by atoms with Gasteiger partial charge in [-0.2, -0.15) is 0 Å². The van der Waals surface area contributed by atoms with Crippen LogP contribution >= 0.6 is 0 Å². The zero-order valence-electron chi connectivity index (χ0n) is 15.7. The van der Waals surface area contributed by atoms with Gasteiger partial charge in [0.05, 0.1) is 0 Å². The SMILES string of the molecule is Cc1cccc(C(=O)Nc2ccc(NC(=O)CCc3cccc(N)c3)cc2)c1. The maximum absolute atomic E-state index is 12.3. The number of nitrogens with two attached hydrogens (primary N) is 1. The normalized spacial score (nSPS) is 10.3. The van der Waals surface area contributed by atoms with Gasteiger partial charge < -0.3 is 16.4 Å². The molecule has 142 valence electrons. The zero-order chi connectivity index (χ0) is 19.9. The van der Waals surface area contributed by atoms with E-state index in [0.717, 1.165) is 11.1 Å². The first-order valence-electron chi connectivity index (χ1n) is 9.12. The number of nitrogen functional groups attached to an aromatic ring is 1. The molecule has 0 aromatic heterocycles. The van der Waals surface area contributed by atoms with E-state index < -0.39 is 0 Å². The summed E-state index contributed by atoms with van der Waals surface area (Å²) in [4.78, 5) is 24.4. The topological polar surface area (TPSA) is 84.2 Å². The number of amides is 2. The Bertz CT molecular complexity index is 981. The first kappa shape index (κ1) is 19.2. The Hall–Kier alpha value is -3.60. The van der Waals surface area contributed by atoms with Crippen molar-refractivity contribution in [3.05, 3.63) is 89.5 Å². The lowest BCUT2D eigenvalue weighted by Gasteiger charge is -2.09. The largest absolute Gasteiger partial charge is 0.399 e. The monoisotopic (exact) mass is 373 g/mol. The van der Waals surface area contributed by atoms with Gasteiger partial charge in [-0.1, -0.05) is 29.8 Å². The van der Waals surface area contributed by atoms with Crippen molar-refractivity contribution in [1.82, 2.24) is 0 Å². The maximum atomic E-state index is 12.3. The molecule has 0 aliphatic rings. The summed E-state index contributed by atoms with van der Waals surface area (Å²) in [5.74, 6) is -0.235. The molecule has 5 nitrogen and oxygen atoms in total. The zero-order valence-corrected chi connectivity index (χ0v) is 15.7. The number of carbonyl (C=O) groups excluding carboxylic acids is 2. The fourth-order valence-electron chi connectivity index (χ4n) is 2.86. The van der Waals surface area contributed by atoms with Gasteiger partial charge in [-0.3, -0.25) is 9.59 Å². The van der Waals surface area contributed by atoms with Gasteiger partial charge in [0, 0.05) is 29.0 Å². The van der Waals surface area contributed by atoms with E-state index in [9.17, 15) is 9.59 Å². The maximum Gasteiger partial charge on any atom is 0.255 e. The van der Waals surface area contributed by atoms with Crippen molar-refractivity contribution in [2.45, 2.75) is 19.8 Å². The van der Waals surface area contributed by atoms with E-state index in [-0.39, 0.29) is 11.8 Å². The van der Waals surface area contributed by atoms with Gasteiger partial charge in [0.1, 0.15) is 0 Å². The van der Waals surface area contributed by atoms with Crippen molar-refractivity contribution in [2.24, 2.45) is 0 Å². The van der Waals surface area contributed by atoms with Crippen LogP contribution in [0.1, 0.15) is 27.9 Å². The van der Waals surface area contributed by atoms with Crippen molar-refractivity contribution in [3.63, 3.8) is 0 Å². The van der Waals surface area contributed by atoms with E-state index in [1.807, 2.05) is 49.4 Å².